The lowest BCUT2D eigenvalue weighted by molar-refractivity contribution is 0.497. The topological polar surface area (TPSA) is 35.8 Å². The first-order valence-corrected chi connectivity index (χ1v) is 5.69. The Morgan fingerprint density at radius 3 is 2.10 bits per heavy atom. The van der Waals surface area contributed by atoms with Crippen molar-refractivity contribution in [2.24, 2.45) is 0 Å². The Balaban J connectivity index is 2.27. The minimum atomic E-state index is -1.42. The highest BCUT2D eigenvalue weighted by Crippen LogP contribution is 2.21. The van der Waals surface area contributed by atoms with E-state index in [1.54, 1.807) is 6.07 Å². The van der Waals surface area contributed by atoms with Gasteiger partial charge in [-0.05, 0) is 12.1 Å². The van der Waals surface area contributed by atoms with Gasteiger partial charge in [-0.15, -0.1) is 0 Å². The lowest BCUT2D eigenvalue weighted by atomic mass is 10.1. The maximum Gasteiger partial charge on any atom is 0.182 e. The van der Waals surface area contributed by atoms with Crippen molar-refractivity contribution in [1.82, 2.24) is 0 Å². The first kappa shape index (κ1) is 14.8. The van der Waals surface area contributed by atoms with Crippen LogP contribution in [-0.2, 0) is 6.54 Å². The second-order valence-electron chi connectivity index (χ2n) is 4.13. The van der Waals surface area contributed by atoms with E-state index >= 15 is 0 Å². The highest BCUT2D eigenvalue weighted by atomic mass is 19.2. The van der Waals surface area contributed by atoms with Crippen molar-refractivity contribution >= 4 is 5.69 Å². The molecule has 0 atom stereocenters. The lowest BCUT2D eigenvalue weighted by Crippen LogP contribution is -2.07. The van der Waals surface area contributed by atoms with Crippen molar-refractivity contribution in [2.75, 3.05) is 5.32 Å². The highest BCUT2D eigenvalue weighted by Gasteiger charge is 2.14. The highest BCUT2D eigenvalue weighted by molar-refractivity contribution is 5.46. The number of halogens is 5. The van der Waals surface area contributed by atoms with Gasteiger partial charge in [-0.3, -0.25) is 0 Å². The van der Waals surface area contributed by atoms with E-state index in [1.807, 2.05) is 0 Å². The van der Waals surface area contributed by atoms with E-state index in [0.717, 1.165) is 12.1 Å². The first-order chi connectivity index (χ1) is 9.92. The molecule has 0 fully saturated rings. The fourth-order valence-corrected chi connectivity index (χ4v) is 1.70. The number of benzene rings is 2. The average Bonchev–Trinajstić information content (AvgIpc) is 2.42. The number of nitrogens with zero attached hydrogens (tertiary/aromatic N) is 1. The molecule has 2 nitrogen and oxygen atoms in total. The van der Waals surface area contributed by atoms with Gasteiger partial charge in [0.15, 0.2) is 11.6 Å². The van der Waals surface area contributed by atoms with Crippen LogP contribution in [0, 0.1) is 40.4 Å². The summed E-state index contributed by atoms with van der Waals surface area (Å²) >= 11 is 0. The lowest BCUT2D eigenvalue weighted by Gasteiger charge is -2.10. The molecule has 21 heavy (non-hydrogen) atoms. The summed E-state index contributed by atoms with van der Waals surface area (Å²) in [6.07, 6.45) is 0. The van der Waals surface area contributed by atoms with Crippen molar-refractivity contribution in [2.45, 2.75) is 6.54 Å². The molecule has 7 heteroatoms. The second-order valence-corrected chi connectivity index (χ2v) is 4.13. The number of nitrogens with one attached hydrogen (secondary N) is 1. The van der Waals surface area contributed by atoms with E-state index in [2.05, 4.69) is 5.32 Å². The molecule has 2 aromatic rings. The fraction of sp³-hybridized carbons (Fsp3) is 0.0714. The van der Waals surface area contributed by atoms with E-state index in [4.69, 9.17) is 5.26 Å². The average molecular weight is 298 g/mol. The van der Waals surface area contributed by atoms with Crippen LogP contribution in [0.5, 0.6) is 0 Å². The molecule has 108 valence electrons. The number of hydrogen-bond acceptors (Lipinski definition) is 2. The van der Waals surface area contributed by atoms with E-state index in [-0.39, 0.29) is 5.56 Å². The van der Waals surface area contributed by atoms with Crippen molar-refractivity contribution in [1.29, 1.82) is 5.26 Å². The minimum Gasteiger partial charge on any atom is -0.378 e. The normalized spacial score (nSPS) is 10.3. The zero-order chi connectivity index (χ0) is 15.6. The Morgan fingerprint density at radius 1 is 0.905 bits per heavy atom. The number of hydrogen-bond donors (Lipinski definition) is 1. The largest absolute Gasteiger partial charge is 0.378 e. The molecule has 0 unspecified atom stereocenters. The summed E-state index contributed by atoms with van der Waals surface area (Å²) in [7, 11) is 0. The molecule has 0 heterocycles. The molecular weight excluding hydrogens is 291 g/mol. The Kier molecular flexibility index (Phi) is 4.08. The van der Waals surface area contributed by atoms with Gasteiger partial charge in [-0.2, -0.15) is 5.26 Å². The third-order valence-electron chi connectivity index (χ3n) is 2.72. The number of anilines is 1. The van der Waals surface area contributed by atoms with Gasteiger partial charge < -0.3 is 5.32 Å². The fourth-order valence-electron chi connectivity index (χ4n) is 1.70. The van der Waals surface area contributed by atoms with Crippen LogP contribution in [0.15, 0.2) is 24.3 Å². The van der Waals surface area contributed by atoms with Crippen LogP contribution < -0.4 is 5.32 Å². The maximum atomic E-state index is 13.6. The molecular formula is C14H7F5N2. The van der Waals surface area contributed by atoms with Gasteiger partial charge in [-0.25, -0.2) is 22.0 Å². The van der Waals surface area contributed by atoms with Crippen LogP contribution in [0.4, 0.5) is 27.6 Å². The van der Waals surface area contributed by atoms with Gasteiger partial charge in [-0.1, -0.05) is 0 Å². The van der Waals surface area contributed by atoms with Crippen LogP contribution in [0.2, 0.25) is 0 Å². The van der Waals surface area contributed by atoms with E-state index in [0.29, 0.717) is 12.1 Å². The molecule has 0 aliphatic carbocycles. The van der Waals surface area contributed by atoms with Crippen molar-refractivity contribution < 1.29 is 22.0 Å². The molecule has 1 N–H and O–H groups in total. The Labute approximate surface area is 116 Å². The Morgan fingerprint density at radius 2 is 1.52 bits per heavy atom. The summed E-state index contributed by atoms with van der Waals surface area (Å²) in [5.74, 6) is -5.84. The molecule has 0 aliphatic rings. The van der Waals surface area contributed by atoms with Crippen LogP contribution in [0.25, 0.3) is 0 Å². The second kappa shape index (κ2) is 5.79. The number of rotatable bonds is 3. The maximum absolute atomic E-state index is 13.6. The van der Waals surface area contributed by atoms with Crippen LogP contribution in [0.3, 0.4) is 0 Å². The third-order valence-corrected chi connectivity index (χ3v) is 2.72. The molecule has 0 amide bonds. The van der Waals surface area contributed by atoms with Crippen molar-refractivity contribution in [3.05, 3.63) is 64.5 Å². The number of nitriles is 1. The quantitative estimate of drug-likeness (QED) is 0.690. The molecule has 2 rings (SSSR count). The van der Waals surface area contributed by atoms with Gasteiger partial charge >= 0.3 is 0 Å². The van der Waals surface area contributed by atoms with Crippen LogP contribution in [-0.4, -0.2) is 0 Å². The van der Waals surface area contributed by atoms with Gasteiger partial charge in [0.25, 0.3) is 0 Å². The van der Waals surface area contributed by atoms with Gasteiger partial charge in [0, 0.05) is 24.2 Å². The smallest absolute Gasteiger partial charge is 0.182 e. The minimum absolute atomic E-state index is 0.211. The van der Waals surface area contributed by atoms with E-state index < -0.39 is 46.9 Å². The summed E-state index contributed by atoms with van der Waals surface area (Å²) in [4.78, 5) is 0. The molecule has 0 aliphatic heterocycles. The molecule has 0 saturated carbocycles. The van der Waals surface area contributed by atoms with E-state index in [1.165, 1.54) is 0 Å². The summed E-state index contributed by atoms with van der Waals surface area (Å²) in [6, 6.07) is 4.21. The standard InChI is InChI=1S/C14H7F5N2/c15-8-3-12(18)14(19)13(4-8)21-6-9-10(16)1-7(5-20)2-11(9)17/h1-4,21H,6H2. The molecule has 0 spiro atoms. The van der Waals surface area contributed by atoms with E-state index in [9.17, 15) is 22.0 Å². The molecule has 2 aromatic carbocycles. The summed E-state index contributed by atoms with van der Waals surface area (Å²) in [5.41, 5.74) is -1.24. The summed E-state index contributed by atoms with van der Waals surface area (Å²) in [6.45, 7) is -0.539. The predicted molar refractivity (Wildman–Crippen MR) is 64.7 cm³/mol. The van der Waals surface area contributed by atoms with Gasteiger partial charge in [0.2, 0.25) is 0 Å². The molecule has 0 saturated heterocycles. The molecule has 0 radical (unpaired) electrons. The van der Waals surface area contributed by atoms with Gasteiger partial charge in [0.1, 0.15) is 17.5 Å². The Hall–Kier alpha value is -2.62. The monoisotopic (exact) mass is 298 g/mol. The zero-order valence-electron chi connectivity index (χ0n) is 10.4. The van der Waals surface area contributed by atoms with Crippen molar-refractivity contribution in [3.8, 4) is 6.07 Å². The summed E-state index contributed by atoms with van der Waals surface area (Å²) in [5, 5.41) is 10.8. The Bertz CT molecular complexity index is 714. The predicted octanol–water partition coefficient (Wildman–Crippen LogP) is 3.87. The summed E-state index contributed by atoms with van der Waals surface area (Å²) < 4.78 is 66.5. The zero-order valence-corrected chi connectivity index (χ0v) is 10.4. The SMILES string of the molecule is N#Cc1cc(F)c(CNc2cc(F)cc(F)c2F)c(F)c1. The first-order valence-electron chi connectivity index (χ1n) is 5.69. The van der Waals surface area contributed by atoms with Gasteiger partial charge in [0.05, 0.1) is 17.3 Å². The van der Waals surface area contributed by atoms with Crippen LogP contribution in [0.1, 0.15) is 11.1 Å². The van der Waals surface area contributed by atoms with Crippen LogP contribution >= 0.6 is 0 Å². The third kappa shape index (κ3) is 3.11. The van der Waals surface area contributed by atoms with Crippen molar-refractivity contribution in [3.63, 3.8) is 0 Å². The molecule has 0 aromatic heterocycles. The molecule has 0 bridgehead atoms.